The number of hydrogen-bond acceptors (Lipinski definition) is 4. The highest BCUT2D eigenvalue weighted by Crippen LogP contribution is 1.93. The minimum atomic E-state index is -0.562. The minimum absolute atomic E-state index is 0.0304. The molecule has 2 N–H and O–H groups in total. The molecule has 0 aromatic carbocycles. The van der Waals surface area contributed by atoms with E-state index in [1.54, 1.807) is 11.9 Å². The van der Waals surface area contributed by atoms with Crippen molar-refractivity contribution in [3.63, 3.8) is 0 Å². The van der Waals surface area contributed by atoms with Crippen LogP contribution in [0, 0.1) is 5.92 Å². The number of aliphatic hydroxyl groups excluding tert-OH is 1. The Kier molecular flexibility index (Phi) is 9.03. The van der Waals surface area contributed by atoms with Gasteiger partial charge >= 0.3 is 0 Å². The molecule has 0 aliphatic rings. The third kappa shape index (κ3) is 9.09. The molecular weight excluding hydrogens is 220 g/mol. The molecule has 0 aliphatic heterocycles. The highest BCUT2D eigenvalue weighted by Gasteiger charge is 2.08. The summed E-state index contributed by atoms with van der Waals surface area (Å²) in [7, 11) is 1.76. The van der Waals surface area contributed by atoms with Crippen molar-refractivity contribution in [1.29, 1.82) is 0 Å². The van der Waals surface area contributed by atoms with Gasteiger partial charge in [0.2, 0.25) is 5.91 Å². The van der Waals surface area contributed by atoms with Crippen LogP contribution in [0.2, 0.25) is 0 Å². The van der Waals surface area contributed by atoms with Gasteiger partial charge in [-0.05, 0) is 12.8 Å². The largest absolute Gasteiger partial charge is 0.389 e. The van der Waals surface area contributed by atoms with Gasteiger partial charge in [0, 0.05) is 26.7 Å². The predicted molar refractivity (Wildman–Crippen MR) is 67.8 cm³/mol. The maximum atomic E-state index is 11.4. The average molecular weight is 246 g/mol. The maximum Gasteiger partial charge on any atom is 0.236 e. The van der Waals surface area contributed by atoms with E-state index in [4.69, 9.17) is 4.74 Å². The van der Waals surface area contributed by atoms with Crippen molar-refractivity contribution >= 4 is 5.91 Å². The Morgan fingerprint density at radius 1 is 1.41 bits per heavy atom. The van der Waals surface area contributed by atoms with Crippen molar-refractivity contribution in [1.82, 2.24) is 10.2 Å². The molecule has 1 atom stereocenters. The SMILES string of the molecule is CCN(C)C(=O)CNCC(O)COCC(C)C. The number of nitrogens with zero attached hydrogens (tertiary/aromatic N) is 1. The lowest BCUT2D eigenvalue weighted by Crippen LogP contribution is -2.39. The molecule has 1 amide bonds. The third-order valence-corrected chi connectivity index (χ3v) is 2.32. The van der Waals surface area contributed by atoms with Gasteiger partial charge in [0.25, 0.3) is 0 Å². The summed E-state index contributed by atoms with van der Waals surface area (Å²) in [5, 5.41) is 12.5. The summed E-state index contributed by atoms with van der Waals surface area (Å²) in [4.78, 5) is 13.0. The molecule has 102 valence electrons. The zero-order valence-electron chi connectivity index (χ0n) is 11.4. The molecule has 0 heterocycles. The summed E-state index contributed by atoms with van der Waals surface area (Å²) in [6.45, 7) is 8.32. The number of rotatable bonds is 9. The van der Waals surface area contributed by atoms with Gasteiger partial charge in [-0.1, -0.05) is 13.8 Å². The summed E-state index contributed by atoms with van der Waals surface area (Å²) in [6.07, 6.45) is -0.562. The van der Waals surface area contributed by atoms with Gasteiger partial charge in [-0.25, -0.2) is 0 Å². The first-order chi connectivity index (χ1) is 7.97. The van der Waals surface area contributed by atoms with Crippen molar-refractivity contribution in [2.24, 2.45) is 5.92 Å². The highest BCUT2D eigenvalue weighted by atomic mass is 16.5. The molecule has 0 aromatic heterocycles. The van der Waals surface area contributed by atoms with Gasteiger partial charge in [0.15, 0.2) is 0 Å². The number of likely N-dealkylation sites (N-methyl/N-ethyl adjacent to an activating group) is 1. The van der Waals surface area contributed by atoms with Crippen LogP contribution in [-0.4, -0.2) is 61.9 Å². The molecule has 0 aliphatic carbocycles. The van der Waals surface area contributed by atoms with E-state index in [0.29, 0.717) is 32.2 Å². The number of hydrogen-bond donors (Lipinski definition) is 2. The lowest BCUT2D eigenvalue weighted by atomic mass is 10.2. The van der Waals surface area contributed by atoms with Gasteiger partial charge < -0.3 is 20.1 Å². The maximum absolute atomic E-state index is 11.4. The van der Waals surface area contributed by atoms with Crippen LogP contribution in [0.15, 0.2) is 0 Å². The van der Waals surface area contributed by atoms with E-state index in [2.05, 4.69) is 19.2 Å². The van der Waals surface area contributed by atoms with Crippen LogP contribution in [0.25, 0.3) is 0 Å². The third-order valence-electron chi connectivity index (χ3n) is 2.32. The average Bonchev–Trinajstić information content (AvgIpc) is 2.27. The number of amides is 1. The second kappa shape index (κ2) is 9.39. The molecule has 0 spiro atoms. The van der Waals surface area contributed by atoms with E-state index >= 15 is 0 Å². The Labute approximate surface area is 104 Å². The second-order valence-corrected chi connectivity index (χ2v) is 4.62. The molecule has 0 rings (SSSR count). The fourth-order valence-corrected chi connectivity index (χ4v) is 1.16. The normalized spacial score (nSPS) is 12.8. The van der Waals surface area contributed by atoms with Crippen LogP contribution in [-0.2, 0) is 9.53 Å². The lowest BCUT2D eigenvalue weighted by Gasteiger charge is -2.16. The summed E-state index contributed by atoms with van der Waals surface area (Å²) in [5.74, 6) is 0.498. The standard InChI is InChI=1S/C12H26N2O3/c1-5-14(4)12(16)7-13-6-11(15)9-17-8-10(2)3/h10-11,13,15H,5-9H2,1-4H3. The van der Waals surface area contributed by atoms with Crippen molar-refractivity contribution < 1.29 is 14.6 Å². The first-order valence-corrected chi connectivity index (χ1v) is 6.17. The van der Waals surface area contributed by atoms with Crippen molar-refractivity contribution in [3.05, 3.63) is 0 Å². The van der Waals surface area contributed by atoms with Gasteiger partial charge in [-0.2, -0.15) is 0 Å². The fraction of sp³-hybridized carbons (Fsp3) is 0.917. The number of ether oxygens (including phenoxy) is 1. The van der Waals surface area contributed by atoms with Crippen LogP contribution in [0.4, 0.5) is 0 Å². The minimum Gasteiger partial charge on any atom is -0.389 e. The molecule has 17 heavy (non-hydrogen) atoms. The topological polar surface area (TPSA) is 61.8 Å². The lowest BCUT2D eigenvalue weighted by molar-refractivity contribution is -0.128. The van der Waals surface area contributed by atoms with Crippen LogP contribution in [0.1, 0.15) is 20.8 Å². The van der Waals surface area contributed by atoms with Gasteiger partial charge in [0.05, 0.1) is 19.3 Å². The summed E-state index contributed by atoms with van der Waals surface area (Å²) in [5.41, 5.74) is 0. The molecule has 0 bridgehead atoms. The van der Waals surface area contributed by atoms with Crippen LogP contribution >= 0.6 is 0 Å². The number of carbonyl (C=O) groups is 1. The van der Waals surface area contributed by atoms with Crippen LogP contribution in [0.5, 0.6) is 0 Å². The van der Waals surface area contributed by atoms with Gasteiger partial charge in [-0.15, -0.1) is 0 Å². The van der Waals surface area contributed by atoms with E-state index in [0.717, 1.165) is 0 Å². The monoisotopic (exact) mass is 246 g/mol. The predicted octanol–water partition coefficient (Wildman–Crippen LogP) is 0.0878. The van der Waals surface area contributed by atoms with Crippen molar-refractivity contribution in [2.75, 3.05) is 39.9 Å². The van der Waals surface area contributed by atoms with Crippen molar-refractivity contribution in [2.45, 2.75) is 26.9 Å². The van der Waals surface area contributed by atoms with E-state index in [1.165, 1.54) is 0 Å². The molecule has 5 nitrogen and oxygen atoms in total. The van der Waals surface area contributed by atoms with Crippen LogP contribution in [0.3, 0.4) is 0 Å². The van der Waals surface area contributed by atoms with Gasteiger partial charge in [-0.3, -0.25) is 4.79 Å². The quantitative estimate of drug-likeness (QED) is 0.605. The highest BCUT2D eigenvalue weighted by molar-refractivity contribution is 5.77. The fourth-order valence-electron chi connectivity index (χ4n) is 1.16. The number of carbonyl (C=O) groups excluding carboxylic acids is 1. The number of nitrogens with one attached hydrogen (secondary N) is 1. The zero-order chi connectivity index (χ0) is 13.3. The zero-order valence-corrected chi connectivity index (χ0v) is 11.4. The molecule has 0 aromatic rings. The van der Waals surface area contributed by atoms with E-state index in [1.807, 2.05) is 6.92 Å². The first kappa shape index (κ1) is 16.4. The van der Waals surface area contributed by atoms with E-state index < -0.39 is 6.10 Å². The van der Waals surface area contributed by atoms with E-state index in [-0.39, 0.29) is 12.5 Å². The van der Waals surface area contributed by atoms with Crippen LogP contribution < -0.4 is 5.32 Å². The molecule has 0 radical (unpaired) electrons. The Bertz CT molecular complexity index is 210. The Hall–Kier alpha value is -0.650. The Balaban J connectivity index is 3.50. The number of aliphatic hydroxyl groups is 1. The molecule has 0 saturated heterocycles. The van der Waals surface area contributed by atoms with E-state index in [9.17, 15) is 9.90 Å². The molecular formula is C12H26N2O3. The Morgan fingerprint density at radius 3 is 2.59 bits per heavy atom. The van der Waals surface area contributed by atoms with Crippen molar-refractivity contribution in [3.8, 4) is 0 Å². The Morgan fingerprint density at radius 2 is 2.06 bits per heavy atom. The summed E-state index contributed by atoms with van der Waals surface area (Å²) < 4.78 is 5.30. The summed E-state index contributed by atoms with van der Waals surface area (Å²) in [6, 6.07) is 0. The molecule has 0 fully saturated rings. The molecule has 0 saturated carbocycles. The molecule has 1 unspecified atom stereocenters. The molecule has 5 heteroatoms. The second-order valence-electron chi connectivity index (χ2n) is 4.62. The van der Waals surface area contributed by atoms with Gasteiger partial charge in [0.1, 0.15) is 0 Å². The first-order valence-electron chi connectivity index (χ1n) is 6.17. The summed E-state index contributed by atoms with van der Waals surface area (Å²) >= 11 is 0. The smallest absolute Gasteiger partial charge is 0.236 e.